The van der Waals surface area contributed by atoms with Crippen LogP contribution in [0.15, 0.2) is 0 Å². The molecule has 4 heteroatoms. The number of aliphatic hydroxyl groups excluding tert-OH is 1. The topological polar surface area (TPSA) is 35.5 Å². The molecule has 1 saturated heterocycles. The van der Waals surface area contributed by atoms with Gasteiger partial charge in [0.25, 0.3) is 0 Å². The highest BCUT2D eigenvalue weighted by atomic mass is 19.1. The molecule has 1 atom stereocenters. The summed E-state index contributed by atoms with van der Waals surface area (Å²) < 4.78 is 11.8. The fourth-order valence-corrected chi connectivity index (χ4v) is 1.10. The number of halogens is 1. The highest BCUT2D eigenvalue weighted by molar-refractivity contribution is 4.70. The minimum atomic E-state index is -0.496. The van der Waals surface area contributed by atoms with Crippen molar-refractivity contribution in [2.45, 2.75) is 6.23 Å². The lowest BCUT2D eigenvalue weighted by molar-refractivity contribution is -0.0152. The van der Waals surface area contributed by atoms with Crippen LogP contribution >= 0.6 is 0 Å². The first-order chi connectivity index (χ1) is 4.84. The predicted molar refractivity (Wildman–Crippen MR) is 36.4 cm³/mol. The van der Waals surface area contributed by atoms with Gasteiger partial charge in [-0.1, -0.05) is 0 Å². The van der Waals surface area contributed by atoms with E-state index in [4.69, 9.17) is 0 Å². The molecular formula is C6H13FN2O. The molecule has 0 saturated carbocycles. The van der Waals surface area contributed by atoms with Crippen LogP contribution in [0.4, 0.5) is 4.39 Å². The molecule has 0 amide bonds. The van der Waals surface area contributed by atoms with Crippen molar-refractivity contribution >= 4 is 0 Å². The van der Waals surface area contributed by atoms with E-state index in [9.17, 15) is 9.50 Å². The number of hydrogen-bond donors (Lipinski definition) is 2. The smallest absolute Gasteiger partial charge is 0.120 e. The Bertz CT molecular complexity index is 99.7. The highest BCUT2D eigenvalue weighted by Gasteiger charge is 2.17. The van der Waals surface area contributed by atoms with Crippen LogP contribution in [0.2, 0.25) is 0 Å². The fraction of sp³-hybridized carbons (Fsp3) is 1.00. The van der Waals surface area contributed by atoms with E-state index in [1.54, 1.807) is 4.90 Å². The van der Waals surface area contributed by atoms with Gasteiger partial charge in [-0.05, 0) is 0 Å². The van der Waals surface area contributed by atoms with E-state index >= 15 is 0 Å². The van der Waals surface area contributed by atoms with Gasteiger partial charge in [-0.15, -0.1) is 0 Å². The third kappa shape index (κ3) is 1.90. The van der Waals surface area contributed by atoms with Gasteiger partial charge in [0.15, 0.2) is 0 Å². The quantitative estimate of drug-likeness (QED) is 0.537. The van der Waals surface area contributed by atoms with Crippen LogP contribution in [0.1, 0.15) is 0 Å². The Morgan fingerprint density at radius 1 is 1.70 bits per heavy atom. The lowest BCUT2D eigenvalue weighted by Gasteiger charge is -2.31. The van der Waals surface area contributed by atoms with E-state index in [-0.39, 0.29) is 6.67 Å². The van der Waals surface area contributed by atoms with Crippen molar-refractivity contribution in [3.63, 3.8) is 0 Å². The Hall–Kier alpha value is -0.190. The van der Waals surface area contributed by atoms with Gasteiger partial charge >= 0.3 is 0 Å². The summed E-state index contributed by atoms with van der Waals surface area (Å²) >= 11 is 0. The van der Waals surface area contributed by atoms with Gasteiger partial charge in [0.1, 0.15) is 12.9 Å². The second kappa shape index (κ2) is 3.85. The zero-order chi connectivity index (χ0) is 7.40. The Balaban J connectivity index is 2.25. The number of hydrogen-bond acceptors (Lipinski definition) is 3. The molecule has 1 fully saturated rings. The average molecular weight is 148 g/mol. The fourth-order valence-electron chi connectivity index (χ4n) is 1.10. The molecule has 1 aliphatic heterocycles. The van der Waals surface area contributed by atoms with Crippen molar-refractivity contribution in [2.24, 2.45) is 0 Å². The SMILES string of the molecule is OC1CNCCN1CCF. The number of piperazine rings is 1. The molecule has 2 N–H and O–H groups in total. The minimum Gasteiger partial charge on any atom is -0.377 e. The molecule has 0 aromatic rings. The summed E-state index contributed by atoms with van der Waals surface area (Å²) in [6.45, 7) is 2.11. The van der Waals surface area contributed by atoms with Gasteiger partial charge in [0.2, 0.25) is 0 Å². The lowest BCUT2D eigenvalue weighted by Crippen LogP contribution is -2.51. The van der Waals surface area contributed by atoms with Gasteiger partial charge in [-0.25, -0.2) is 4.39 Å². The first kappa shape index (κ1) is 7.91. The molecule has 0 aliphatic carbocycles. The molecule has 3 nitrogen and oxygen atoms in total. The first-order valence-corrected chi connectivity index (χ1v) is 3.53. The Morgan fingerprint density at radius 2 is 2.50 bits per heavy atom. The lowest BCUT2D eigenvalue weighted by atomic mass is 10.3. The molecule has 60 valence electrons. The van der Waals surface area contributed by atoms with Gasteiger partial charge in [0, 0.05) is 26.2 Å². The molecule has 1 rings (SSSR count). The largest absolute Gasteiger partial charge is 0.377 e. The Labute approximate surface area is 59.8 Å². The summed E-state index contributed by atoms with van der Waals surface area (Å²) in [4.78, 5) is 1.73. The molecule has 1 aliphatic rings. The van der Waals surface area contributed by atoms with Crippen molar-refractivity contribution in [1.82, 2.24) is 10.2 Å². The minimum absolute atomic E-state index is 0.350. The van der Waals surface area contributed by atoms with Crippen LogP contribution in [0.3, 0.4) is 0 Å². The van der Waals surface area contributed by atoms with E-state index in [0.717, 1.165) is 13.1 Å². The van der Waals surface area contributed by atoms with Crippen molar-refractivity contribution in [1.29, 1.82) is 0 Å². The highest BCUT2D eigenvalue weighted by Crippen LogP contribution is 1.98. The summed E-state index contributed by atoms with van der Waals surface area (Å²) in [5, 5.41) is 12.2. The maximum atomic E-state index is 11.8. The number of aliphatic hydroxyl groups is 1. The summed E-state index contributed by atoms with van der Waals surface area (Å²) in [5.41, 5.74) is 0. The van der Waals surface area contributed by atoms with Crippen LogP contribution in [-0.4, -0.2) is 49.1 Å². The van der Waals surface area contributed by atoms with E-state index in [1.165, 1.54) is 0 Å². The predicted octanol–water partition coefficient (Wildman–Crippen LogP) is -0.821. The van der Waals surface area contributed by atoms with Crippen molar-refractivity contribution in [3.8, 4) is 0 Å². The first-order valence-electron chi connectivity index (χ1n) is 3.53. The molecule has 0 aromatic heterocycles. The number of β-amino-alcohol motifs (C(OH)–C–C–N with tert-alkyl or cyclic N) is 1. The van der Waals surface area contributed by atoms with E-state index in [1.807, 2.05) is 0 Å². The molecular weight excluding hydrogens is 135 g/mol. The van der Waals surface area contributed by atoms with E-state index in [0.29, 0.717) is 13.1 Å². The normalized spacial score (nSPS) is 28.8. The molecule has 0 spiro atoms. The van der Waals surface area contributed by atoms with Crippen molar-refractivity contribution in [2.75, 3.05) is 32.9 Å². The third-order valence-electron chi connectivity index (χ3n) is 1.70. The van der Waals surface area contributed by atoms with Gasteiger partial charge in [-0.3, -0.25) is 4.90 Å². The average Bonchev–Trinajstić information content (AvgIpc) is 1.94. The zero-order valence-corrected chi connectivity index (χ0v) is 5.89. The van der Waals surface area contributed by atoms with Gasteiger partial charge < -0.3 is 10.4 Å². The second-order valence-corrected chi connectivity index (χ2v) is 2.41. The van der Waals surface area contributed by atoms with Crippen LogP contribution in [-0.2, 0) is 0 Å². The van der Waals surface area contributed by atoms with E-state index in [2.05, 4.69) is 5.32 Å². The molecule has 1 unspecified atom stereocenters. The Kier molecular flexibility index (Phi) is 3.05. The number of nitrogens with one attached hydrogen (secondary N) is 1. The molecule has 0 bridgehead atoms. The van der Waals surface area contributed by atoms with Crippen LogP contribution in [0.5, 0.6) is 0 Å². The monoisotopic (exact) mass is 148 g/mol. The molecule has 0 aromatic carbocycles. The standard InChI is InChI=1S/C6H13FN2O/c7-1-3-9-4-2-8-5-6(9)10/h6,8,10H,1-5H2. The van der Waals surface area contributed by atoms with Gasteiger partial charge in [-0.2, -0.15) is 0 Å². The van der Waals surface area contributed by atoms with Crippen molar-refractivity contribution in [3.05, 3.63) is 0 Å². The third-order valence-corrected chi connectivity index (χ3v) is 1.70. The van der Waals surface area contributed by atoms with Crippen molar-refractivity contribution < 1.29 is 9.50 Å². The summed E-state index contributed by atoms with van der Waals surface area (Å²) in [5.74, 6) is 0. The maximum Gasteiger partial charge on any atom is 0.120 e. The van der Waals surface area contributed by atoms with E-state index < -0.39 is 6.23 Å². The number of nitrogens with zero attached hydrogens (tertiary/aromatic N) is 1. The van der Waals surface area contributed by atoms with Crippen LogP contribution < -0.4 is 5.32 Å². The number of alkyl halides is 1. The molecule has 0 radical (unpaired) electrons. The van der Waals surface area contributed by atoms with Gasteiger partial charge in [0.05, 0.1) is 0 Å². The van der Waals surface area contributed by atoms with Crippen LogP contribution in [0, 0.1) is 0 Å². The second-order valence-electron chi connectivity index (χ2n) is 2.41. The molecule has 1 heterocycles. The number of rotatable bonds is 2. The van der Waals surface area contributed by atoms with Crippen LogP contribution in [0.25, 0.3) is 0 Å². The maximum absolute atomic E-state index is 11.8. The summed E-state index contributed by atoms with van der Waals surface area (Å²) in [6, 6.07) is 0. The summed E-state index contributed by atoms with van der Waals surface area (Å²) in [7, 11) is 0. The Morgan fingerprint density at radius 3 is 3.10 bits per heavy atom. The summed E-state index contributed by atoms with van der Waals surface area (Å²) in [6.07, 6.45) is -0.496. The zero-order valence-electron chi connectivity index (χ0n) is 5.89. The molecule has 10 heavy (non-hydrogen) atoms.